The van der Waals surface area contributed by atoms with Crippen LogP contribution in [0, 0.1) is 5.92 Å². The Morgan fingerprint density at radius 2 is 1.79 bits per heavy atom. The van der Waals surface area contributed by atoms with Crippen LogP contribution in [0.4, 0.5) is 4.79 Å². The lowest BCUT2D eigenvalue weighted by Gasteiger charge is -2.35. The van der Waals surface area contributed by atoms with E-state index >= 15 is 0 Å². The van der Waals surface area contributed by atoms with Crippen molar-refractivity contribution in [3.8, 4) is 0 Å². The molecule has 1 fully saturated rings. The van der Waals surface area contributed by atoms with Gasteiger partial charge in [-0.1, -0.05) is 38.5 Å². The van der Waals surface area contributed by atoms with Crippen LogP contribution < -0.4 is 5.32 Å². The average molecular weight is 400 g/mol. The normalized spacial score (nSPS) is 16.4. The Bertz CT molecular complexity index is 886. The van der Waals surface area contributed by atoms with Crippen LogP contribution in [-0.2, 0) is 9.53 Å². The van der Waals surface area contributed by atoms with Crippen LogP contribution >= 0.6 is 0 Å². The molecule has 2 atom stereocenters. The zero-order valence-electron chi connectivity index (χ0n) is 17.1. The number of piperazine rings is 1. The molecular formula is C21H28N4O4. The number of H-pyrrole nitrogens is 1. The van der Waals surface area contributed by atoms with E-state index in [9.17, 15) is 14.4 Å². The molecule has 1 saturated heterocycles. The van der Waals surface area contributed by atoms with Crippen LogP contribution in [0.25, 0.3) is 10.9 Å². The van der Waals surface area contributed by atoms with Crippen molar-refractivity contribution in [2.24, 2.45) is 5.92 Å². The number of hydrogen-bond donors (Lipinski definition) is 2. The first-order valence-electron chi connectivity index (χ1n) is 9.94. The first-order valence-corrected chi connectivity index (χ1v) is 9.94. The standard InChI is InChI=1S/C21H28N4O4/c1-4-14(2)18(20(27)29-3)23-21(28)25-11-9-24(10-12-25)19(26)16-13-22-17-8-6-5-7-15(16)17/h5-8,13-14,18,22H,4,9-12H2,1-3H3,(H,23,28). The summed E-state index contributed by atoms with van der Waals surface area (Å²) in [6, 6.07) is 6.70. The van der Waals surface area contributed by atoms with E-state index in [1.54, 1.807) is 16.0 Å². The summed E-state index contributed by atoms with van der Waals surface area (Å²) in [6.07, 6.45) is 2.48. The predicted octanol–water partition coefficient (Wildman–Crippen LogP) is 2.22. The fourth-order valence-electron chi connectivity index (χ4n) is 3.55. The summed E-state index contributed by atoms with van der Waals surface area (Å²) >= 11 is 0. The Labute approximate surface area is 170 Å². The zero-order valence-corrected chi connectivity index (χ0v) is 17.1. The maximum absolute atomic E-state index is 12.9. The van der Waals surface area contributed by atoms with Gasteiger partial charge in [0.1, 0.15) is 6.04 Å². The monoisotopic (exact) mass is 400 g/mol. The number of ether oxygens (including phenoxy) is 1. The number of hydrogen-bond acceptors (Lipinski definition) is 4. The molecule has 29 heavy (non-hydrogen) atoms. The molecule has 0 aliphatic carbocycles. The topological polar surface area (TPSA) is 94.7 Å². The number of aromatic amines is 1. The van der Waals surface area contributed by atoms with Crippen molar-refractivity contribution < 1.29 is 19.1 Å². The van der Waals surface area contributed by atoms with Gasteiger partial charge in [0.15, 0.2) is 0 Å². The minimum Gasteiger partial charge on any atom is -0.467 e. The number of urea groups is 1. The fraction of sp³-hybridized carbons (Fsp3) is 0.476. The van der Waals surface area contributed by atoms with Gasteiger partial charge in [-0.15, -0.1) is 0 Å². The summed E-state index contributed by atoms with van der Waals surface area (Å²) in [6.45, 7) is 5.57. The van der Waals surface area contributed by atoms with Crippen molar-refractivity contribution in [1.82, 2.24) is 20.1 Å². The second-order valence-corrected chi connectivity index (χ2v) is 7.36. The van der Waals surface area contributed by atoms with Gasteiger partial charge in [0, 0.05) is 43.3 Å². The number of esters is 1. The lowest BCUT2D eigenvalue weighted by atomic mass is 9.99. The minimum absolute atomic E-state index is 0.0314. The number of aromatic nitrogens is 1. The molecule has 2 unspecified atom stereocenters. The number of benzene rings is 1. The lowest BCUT2D eigenvalue weighted by Crippen LogP contribution is -2.56. The predicted molar refractivity (Wildman–Crippen MR) is 110 cm³/mol. The molecule has 0 saturated carbocycles. The SMILES string of the molecule is CCC(C)C(NC(=O)N1CCN(C(=O)c2c[nH]c3ccccc23)CC1)C(=O)OC. The molecule has 8 heteroatoms. The number of nitrogens with zero attached hydrogens (tertiary/aromatic N) is 2. The summed E-state index contributed by atoms with van der Waals surface area (Å²) in [7, 11) is 1.32. The molecule has 1 aromatic heterocycles. The summed E-state index contributed by atoms with van der Waals surface area (Å²) < 4.78 is 4.82. The zero-order chi connectivity index (χ0) is 21.0. The van der Waals surface area contributed by atoms with Crippen LogP contribution in [0.15, 0.2) is 30.5 Å². The largest absolute Gasteiger partial charge is 0.467 e. The third-order valence-electron chi connectivity index (χ3n) is 5.62. The smallest absolute Gasteiger partial charge is 0.328 e. The van der Waals surface area contributed by atoms with Crippen molar-refractivity contribution in [2.75, 3.05) is 33.3 Å². The number of fused-ring (bicyclic) bond motifs is 1. The van der Waals surface area contributed by atoms with E-state index in [0.29, 0.717) is 31.7 Å². The number of nitrogens with one attached hydrogen (secondary N) is 2. The van der Waals surface area contributed by atoms with E-state index in [4.69, 9.17) is 4.74 Å². The summed E-state index contributed by atoms with van der Waals surface area (Å²) in [5.74, 6) is -0.522. The van der Waals surface area contributed by atoms with Gasteiger partial charge in [0.25, 0.3) is 5.91 Å². The van der Waals surface area contributed by atoms with Gasteiger partial charge in [-0.05, 0) is 12.0 Å². The summed E-state index contributed by atoms with van der Waals surface area (Å²) in [5.41, 5.74) is 1.56. The number of amides is 3. The highest BCUT2D eigenvalue weighted by atomic mass is 16.5. The lowest BCUT2D eigenvalue weighted by molar-refractivity contribution is -0.144. The van der Waals surface area contributed by atoms with Crippen LogP contribution in [0.3, 0.4) is 0 Å². The van der Waals surface area contributed by atoms with Gasteiger partial charge >= 0.3 is 12.0 Å². The van der Waals surface area contributed by atoms with Crippen LogP contribution in [0.1, 0.15) is 30.6 Å². The summed E-state index contributed by atoms with van der Waals surface area (Å²) in [5, 5.41) is 3.68. The van der Waals surface area contributed by atoms with E-state index in [-0.39, 0.29) is 17.9 Å². The highest BCUT2D eigenvalue weighted by molar-refractivity contribution is 6.06. The first kappa shape index (κ1) is 20.7. The molecule has 8 nitrogen and oxygen atoms in total. The molecule has 2 N–H and O–H groups in total. The van der Waals surface area contributed by atoms with Gasteiger partial charge in [0.05, 0.1) is 12.7 Å². The third kappa shape index (κ3) is 4.36. The Kier molecular flexibility index (Phi) is 6.41. The van der Waals surface area contributed by atoms with Crippen LogP contribution in [-0.4, -0.2) is 72.0 Å². The third-order valence-corrected chi connectivity index (χ3v) is 5.62. The molecule has 0 spiro atoms. The number of methoxy groups -OCH3 is 1. The first-order chi connectivity index (χ1) is 14.0. The second kappa shape index (κ2) is 8.98. The molecule has 0 radical (unpaired) electrons. The molecule has 1 aliphatic heterocycles. The molecule has 2 heterocycles. The van der Waals surface area contributed by atoms with Crippen LogP contribution in [0.5, 0.6) is 0 Å². The van der Waals surface area contributed by atoms with Gasteiger partial charge in [-0.2, -0.15) is 0 Å². The van der Waals surface area contributed by atoms with E-state index in [0.717, 1.165) is 17.3 Å². The van der Waals surface area contributed by atoms with Crippen molar-refractivity contribution in [3.05, 3.63) is 36.0 Å². The Hall–Kier alpha value is -3.03. The molecule has 0 bridgehead atoms. The van der Waals surface area contributed by atoms with Gasteiger partial charge in [-0.3, -0.25) is 4.79 Å². The number of para-hydroxylation sites is 1. The molecule has 3 amide bonds. The van der Waals surface area contributed by atoms with Crippen molar-refractivity contribution in [3.63, 3.8) is 0 Å². The van der Waals surface area contributed by atoms with Gasteiger partial charge < -0.3 is 24.8 Å². The molecule has 156 valence electrons. The van der Waals surface area contributed by atoms with Crippen molar-refractivity contribution in [2.45, 2.75) is 26.3 Å². The van der Waals surface area contributed by atoms with Crippen molar-refractivity contribution in [1.29, 1.82) is 0 Å². The van der Waals surface area contributed by atoms with E-state index in [2.05, 4.69) is 10.3 Å². The van der Waals surface area contributed by atoms with E-state index in [1.165, 1.54) is 7.11 Å². The van der Waals surface area contributed by atoms with Crippen LogP contribution in [0.2, 0.25) is 0 Å². The number of carbonyl (C=O) groups is 3. The molecule has 2 aromatic rings. The van der Waals surface area contributed by atoms with Crippen molar-refractivity contribution >= 4 is 28.8 Å². The Balaban J connectivity index is 1.60. The molecule has 1 aromatic carbocycles. The number of rotatable bonds is 5. The highest BCUT2D eigenvalue weighted by Gasteiger charge is 2.31. The van der Waals surface area contributed by atoms with Gasteiger partial charge in [-0.25, -0.2) is 9.59 Å². The Morgan fingerprint density at radius 3 is 2.45 bits per heavy atom. The number of carbonyl (C=O) groups excluding carboxylic acids is 3. The second-order valence-electron chi connectivity index (χ2n) is 7.36. The fourth-order valence-corrected chi connectivity index (χ4v) is 3.55. The average Bonchev–Trinajstić information content (AvgIpc) is 3.20. The molecule has 3 rings (SSSR count). The minimum atomic E-state index is -0.677. The maximum atomic E-state index is 12.9. The molecular weight excluding hydrogens is 372 g/mol. The highest BCUT2D eigenvalue weighted by Crippen LogP contribution is 2.20. The van der Waals surface area contributed by atoms with E-state index < -0.39 is 12.0 Å². The molecule has 1 aliphatic rings. The van der Waals surface area contributed by atoms with E-state index in [1.807, 2.05) is 38.1 Å². The Morgan fingerprint density at radius 1 is 1.14 bits per heavy atom. The quantitative estimate of drug-likeness (QED) is 0.753. The maximum Gasteiger partial charge on any atom is 0.328 e. The summed E-state index contributed by atoms with van der Waals surface area (Å²) in [4.78, 5) is 44.1. The van der Waals surface area contributed by atoms with Gasteiger partial charge in [0.2, 0.25) is 0 Å².